The van der Waals surface area contributed by atoms with Crippen LogP contribution in [0.3, 0.4) is 0 Å². The minimum absolute atomic E-state index is 0.00373. The lowest BCUT2D eigenvalue weighted by Gasteiger charge is -2.70. The largest absolute Gasteiger partial charge is 0.469 e. The van der Waals surface area contributed by atoms with Gasteiger partial charge in [-0.15, -0.1) is 0 Å². The van der Waals surface area contributed by atoms with Crippen molar-refractivity contribution in [2.45, 2.75) is 99.8 Å². The summed E-state index contributed by atoms with van der Waals surface area (Å²) < 4.78 is 5.30. The fraction of sp³-hybridized carbons (Fsp3) is 0.844. The van der Waals surface area contributed by atoms with Crippen LogP contribution in [0.4, 0.5) is 0 Å². The summed E-state index contributed by atoms with van der Waals surface area (Å²) in [5.41, 5.74) is 0.553. The molecule has 0 radical (unpaired) electrons. The summed E-state index contributed by atoms with van der Waals surface area (Å²) in [6, 6.07) is 2.34. The zero-order valence-electron chi connectivity index (χ0n) is 23.9. The maximum Gasteiger partial charge on any atom is 0.313 e. The van der Waals surface area contributed by atoms with Crippen LogP contribution in [0.5, 0.6) is 0 Å². The molecular formula is C32H47NO3. The lowest BCUT2D eigenvalue weighted by Crippen LogP contribution is -2.68. The van der Waals surface area contributed by atoms with Crippen LogP contribution in [0.2, 0.25) is 0 Å². The number of allylic oxidation sites excluding steroid dienone is 2. The van der Waals surface area contributed by atoms with E-state index in [-0.39, 0.29) is 40.8 Å². The van der Waals surface area contributed by atoms with E-state index >= 15 is 0 Å². The minimum atomic E-state index is -0.948. The van der Waals surface area contributed by atoms with Crippen molar-refractivity contribution in [2.24, 2.45) is 62.6 Å². The zero-order chi connectivity index (χ0) is 26.5. The van der Waals surface area contributed by atoms with Gasteiger partial charge < -0.3 is 4.74 Å². The Morgan fingerprint density at radius 1 is 1.03 bits per heavy atom. The Hall–Kier alpha value is -1.63. The van der Waals surface area contributed by atoms with Crippen molar-refractivity contribution in [3.05, 3.63) is 11.6 Å². The molecule has 0 N–H and O–H groups in total. The van der Waals surface area contributed by atoms with E-state index < -0.39 is 16.7 Å². The number of Topliss-reactive ketones (excluding diaryl/α,β-unsaturated/α-hetero) is 1. The third-order valence-corrected chi connectivity index (χ3v) is 13.7. The van der Waals surface area contributed by atoms with Gasteiger partial charge in [-0.25, -0.2) is 0 Å². The highest BCUT2D eigenvalue weighted by molar-refractivity contribution is 5.91. The molecule has 2 unspecified atom stereocenters. The van der Waals surface area contributed by atoms with Crippen LogP contribution in [0.1, 0.15) is 99.8 Å². The van der Waals surface area contributed by atoms with Gasteiger partial charge in [0.1, 0.15) is 5.78 Å². The van der Waals surface area contributed by atoms with Crippen molar-refractivity contribution in [1.29, 1.82) is 5.26 Å². The van der Waals surface area contributed by atoms with Crippen molar-refractivity contribution in [3.8, 4) is 6.07 Å². The van der Waals surface area contributed by atoms with E-state index in [4.69, 9.17) is 4.74 Å². The summed E-state index contributed by atoms with van der Waals surface area (Å²) in [4.78, 5) is 27.3. The summed E-state index contributed by atoms with van der Waals surface area (Å²) in [6.45, 7) is 16.5. The van der Waals surface area contributed by atoms with Gasteiger partial charge in [0.2, 0.25) is 0 Å². The van der Waals surface area contributed by atoms with Gasteiger partial charge in [0.15, 0.2) is 0 Å². The van der Waals surface area contributed by atoms with Crippen molar-refractivity contribution >= 4 is 11.8 Å². The van der Waals surface area contributed by atoms with E-state index in [2.05, 4.69) is 53.7 Å². The number of hydrogen-bond acceptors (Lipinski definition) is 4. The average Bonchev–Trinajstić information content (AvgIpc) is 2.84. The first kappa shape index (κ1) is 26.0. The van der Waals surface area contributed by atoms with Crippen LogP contribution in [-0.2, 0) is 14.3 Å². The van der Waals surface area contributed by atoms with Crippen LogP contribution in [0.25, 0.3) is 0 Å². The Kier molecular flexibility index (Phi) is 5.73. The van der Waals surface area contributed by atoms with E-state index in [1.807, 2.05) is 6.92 Å². The summed E-state index contributed by atoms with van der Waals surface area (Å²) in [5.74, 6) is 1.30. The molecule has 5 aliphatic carbocycles. The summed E-state index contributed by atoms with van der Waals surface area (Å²) in [7, 11) is 1.42. The molecule has 4 heteroatoms. The predicted octanol–water partition coefficient (Wildman–Crippen LogP) is 7.14. The molecule has 0 amide bonds. The Morgan fingerprint density at radius 2 is 1.72 bits per heavy atom. The summed E-state index contributed by atoms with van der Waals surface area (Å²) in [6.07, 6.45) is 10.5. The van der Waals surface area contributed by atoms with Crippen molar-refractivity contribution in [3.63, 3.8) is 0 Å². The van der Waals surface area contributed by atoms with Crippen molar-refractivity contribution in [2.75, 3.05) is 7.11 Å². The lowest BCUT2D eigenvalue weighted by atomic mass is 9.33. The molecule has 5 rings (SSSR count). The molecule has 5 aliphatic rings. The maximum absolute atomic E-state index is 14.0. The van der Waals surface area contributed by atoms with Gasteiger partial charge in [-0.3, -0.25) is 9.59 Å². The molecule has 0 aliphatic heterocycles. The van der Waals surface area contributed by atoms with Crippen molar-refractivity contribution < 1.29 is 14.3 Å². The third kappa shape index (κ3) is 2.87. The smallest absolute Gasteiger partial charge is 0.313 e. The quantitative estimate of drug-likeness (QED) is 0.288. The molecule has 4 saturated carbocycles. The molecule has 0 spiro atoms. The second kappa shape index (κ2) is 7.94. The van der Waals surface area contributed by atoms with Crippen LogP contribution in [-0.4, -0.2) is 18.9 Å². The first-order chi connectivity index (χ1) is 16.8. The number of methoxy groups -OCH3 is 1. The van der Waals surface area contributed by atoms with Gasteiger partial charge in [-0.1, -0.05) is 53.2 Å². The van der Waals surface area contributed by atoms with Crippen LogP contribution in [0.15, 0.2) is 11.6 Å². The normalized spacial score (nSPS) is 54.1. The second-order valence-electron chi connectivity index (χ2n) is 14.7. The Balaban J connectivity index is 1.63. The van der Waals surface area contributed by atoms with Crippen LogP contribution >= 0.6 is 0 Å². The first-order valence-electron chi connectivity index (χ1n) is 14.5. The number of nitriles is 1. The number of ketones is 1. The lowest BCUT2D eigenvalue weighted by molar-refractivity contribution is -0.203. The third-order valence-electron chi connectivity index (χ3n) is 13.7. The molecule has 0 aromatic heterocycles. The first-order valence-corrected chi connectivity index (χ1v) is 14.5. The molecule has 198 valence electrons. The second-order valence-corrected chi connectivity index (χ2v) is 14.7. The number of carbonyl (C=O) groups is 2. The number of rotatable bonds is 1. The number of fused-ring (bicyclic) bond motifs is 7. The monoisotopic (exact) mass is 493 g/mol. The van der Waals surface area contributed by atoms with Gasteiger partial charge >= 0.3 is 5.97 Å². The zero-order valence-corrected chi connectivity index (χ0v) is 23.9. The van der Waals surface area contributed by atoms with Gasteiger partial charge in [0, 0.05) is 11.8 Å². The number of nitrogens with zero attached hydrogens (tertiary/aromatic N) is 1. The molecule has 0 heterocycles. The van der Waals surface area contributed by atoms with Crippen molar-refractivity contribution in [1.82, 2.24) is 0 Å². The Labute approximate surface area is 218 Å². The fourth-order valence-corrected chi connectivity index (χ4v) is 11.0. The summed E-state index contributed by atoms with van der Waals surface area (Å²) in [5, 5.41) is 10.0. The van der Waals surface area contributed by atoms with E-state index in [0.717, 1.165) is 25.2 Å². The molecule has 36 heavy (non-hydrogen) atoms. The van der Waals surface area contributed by atoms with Crippen LogP contribution in [0, 0.1) is 73.9 Å². The minimum Gasteiger partial charge on any atom is -0.469 e. The molecule has 0 aromatic rings. The van der Waals surface area contributed by atoms with Gasteiger partial charge in [-0.05, 0) is 97.7 Å². The number of ether oxygens (including phenoxy) is 1. The molecule has 0 bridgehead atoms. The van der Waals surface area contributed by atoms with Gasteiger partial charge in [0.05, 0.1) is 24.5 Å². The Morgan fingerprint density at radius 3 is 2.36 bits per heavy atom. The molecule has 4 nitrogen and oxygen atoms in total. The maximum atomic E-state index is 14.0. The molecule has 4 fully saturated rings. The van der Waals surface area contributed by atoms with Gasteiger partial charge in [0.25, 0.3) is 0 Å². The molecule has 0 saturated heterocycles. The number of carbonyl (C=O) groups excluding carboxylic acids is 2. The highest BCUT2D eigenvalue weighted by atomic mass is 16.5. The average molecular weight is 494 g/mol. The van der Waals surface area contributed by atoms with E-state index in [1.165, 1.54) is 32.8 Å². The topological polar surface area (TPSA) is 67.2 Å². The van der Waals surface area contributed by atoms with E-state index in [0.29, 0.717) is 17.3 Å². The molecule has 11 atom stereocenters. The van der Waals surface area contributed by atoms with Gasteiger partial charge in [-0.2, -0.15) is 5.26 Å². The highest BCUT2D eigenvalue weighted by Crippen LogP contribution is 2.75. The SMILES string of the molecule is COC(=O)C1(C)C2CC[C@]3(C)[C@H](CC=C4[C@@H]5[C@@H](C)[C@H](C)CC[C@]5(C)CC[C@]43C)[C@@]2(C)C(=O)C[C@H]1C#N. The fourth-order valence-electron chi connectivity index (χ4n) is 11.0. The number of hydrogen-bond donors (Lipinski definition) is 0. The molecular weight excluding hydrogens is 446 g/mol. The van der Waals surface area contributed by atoms with E-state index in [1.54, 1.807) is 5.57 Å². The highest BCUT2D eigenvalue weighted by Gasteiger charge is 2.72. The predicted molar refractivity (Wildman–Crippen MR) is 140 cm³/mol. The summed E-state index contributed by atoms with van der Waals surface area (Å²) >= 11 is 0. The van der Waals surface area contributed by atoms with Crippen LogP contribution < -0.4 is 0 Å². The van der Waals surface area contributed by atoms with E-state index in [9.17, 15) is 14.9 Å². The Bertz CT molecular complexity index is 1060. The standard InChI is InChI=1S/C32H47NO3/c1-19-11-13-28(3)15-16-29(4)22(26(28)20(19)2)9-10-23-30(29,5)14-12-24-31(6,27(35)36-8)21(18-33)17-25(34)32(23,24)7/h9,19-21,23-24,26H,10-17H2,1-8H3/t19-,20+,21+,23+,24?,26+,28-,29-,30-,31?,32-/m1/s1. The molecule has 0 aromatic carbocycles. The number of esters is 1.